The quantitative estimate of drug-likeness (QED) is 0.698. The molecule has 1 fully saturated rings. The van der Waals surface area contributed by atoms with Crippen molar-refractivity contribution in [1.29, 1.82) is 0 Å². The monoisotopic (exact) mass is 408 g/mol. The number of phenolic OH excluding ortho intramolecular Hbond substituents is 1. The van der Waals surface area contributed by atoms with Gasteiger partial charge in [0, 0.05) is 0 Å². The van der Waals surface area contributed by atoms with Gasteiger partial charge in [0.15, 0.2) is 16.7 Å². The highest BCUT2D eigenvalue weighted by Gasteiger charge is 2.24. The molecule has 134 valence electrons. The van der Waals surface area contributed by atoms with E-state index in [-0.39, 0.29) is 11.7 Å². The molecule has 8 heteroatoms. The molecule has 0 saturated carbocycles. The highest BCUT2D eigenvalue weighted by atomic mass is 35.5. The van der Waals surface area contributed by atoms with Gasteiger partial charge in [-0.1, -0.05) is 35.3 Å². The van der Waals surface area contributed by atoms with E-state index in [1.807, 2.05) is 6.92 Å². The molecule has 1 saturated heterocycles. The number of amidine groups is 1. The van der Waals surface area contributed by atoms with Gasteiger partial charge in [-0.2, -0.15) is 0 Å². The van der Waals surface area contributed by atoms with Crippen molar-refractivity contribution in [2.45, 2.75) is 6.92 Å². The first-order valence-electron chi connectivity index (χ1n) is 7.67. The van der Waals surface area contributed by atoms with Gasteiger partial charge in [0.2, 0.25) is 0 Å². The second-order valence-electron chi connectivity index (χ2n) is 5.21. The van der Waals surface area contributed by atoms with Crippen LogP contribution in [0.2, 0.25) is 10.0 Å². The number of rotatable bonds is 4. The lowest BCUT2D eigenvalue weighted by Crippen LogP contribution is -2.19. The number of ether oxygens (including phenoxy) is 1. The van der Waals surface area contributed by atoms with E-state index in [0.717, 1.165) is 5.56 Å². The third-order valence-electron chi connectivity index (χ3n) is 3.39. The Morgan fingerprint density at radius 3 is 2.88 bits per heavy atom. The highest BCUT2D eigenvalue weighted by molar-refractivity contribution is 8.18. The number of nitrogens with zero attached hydrogens (tertiary/aromatic N) is 1. The van der Waals surface area contributed by atoms with Gasteiger partial charge in [0.25, 0.3) is 5.91 Å². The van der Waals surface area contributed by atoms with E-state index >= 15 is 0 Å². The fraction of sp³-hybridized carbons (Fsp3) is 0.111. The van der Waals surface area contributed by atoms with Crippen molar-refractivity contribution in [3.63, 3.8) is 0 Å². The molecule has 26 heavy (non-hydrogen) atoms. The summed E-state index contributed by atoms with van der Waals surface area (Å²) in [7, 11) is 0. The minimum absolute atomic E-state index is 0.0513. The molecule has 0 atom stereocenters. The summed E-state index contributed by atoms with van der Waals surface area (Å²) in [4.78, 5) is 17.0. The van der Waals surface area contributed by atoms with Crippen LogP contribution in [0.5, 0.6) is 11.5 Å². The van der Waals surface area contributed by atoms with Gasteiger partial charge in [-0.15, -0.1) is 0 Å². The van der Waals surface area contributed by atoms with E-state index in [9.17, 15) is 9.90 Å². The van der Waals surface area contributed by atoms with Crippen molar-refractivity contribution < 1.29 is 14.6 Å². The first-order chi connectivity index (χ1) is 12.5. The smallest absolute Gasteiger partial charge is 0.264 e. The Labute approximate surface area is 164 Å². The number of amides is 1. The van der Waals surface area contributed by atoms with Crippen LogP contribution in [-0.2, 0) is 4.79 Å². The third kappa shape index (κ3) is 4.15. The van der Waals surface area contributed by atoms with Crippen molar-refractivity contribution in [2.75, 3.05) is 6.61 Å². The fourth-order valence-corrected chi connectivity index (χ4v) is 3.38. The molecule has 0 bridgehead atoms. The Morgan fingerprint density at radius 1 is 1.31 bits per heavy atom. The summed E-state index contributed by atoms with van der Waals surface area (Å²) in [5, 5.41) is 13.6. The van der Waals surface area contributed by atoms with Crippen LogP contribution in [-0.4, -0.2) is 22.8 Å². The Bertz CT molecular complexity index is 929. The lowest BCUT2D eigenvalue weighted by molar-refractivity contribution is -0.115. The molecule has 2 aromatic rings. The summed E-state index contributed by atoms with van der Waals surface area (Å²) in [5.41, 5.74) is 1.21. The standard InChI is InChI=1S/C18H14Cl2N2O3S/c1-2-25-14-8-10(6-7-13(14)23)9-15-17(24)22-18(26-15)21-12-5-3-4-11(19)16(12)20/h3-9,23H,2H2,1H3,(H,21,22,24)/b15-9+. The van der Waals surface area contributed by atoms with Crippen molar-refractivity contribution in [3.8, 4) is 11.5 Å². The number of halogens is 2. The molecule has 2 N–H and O–H groups in total. The van der Waals surface area contributed by atoms with Crippen LogP contribution in [0, 0.1) is 0 Å². The Hall–Kier alpha value is -2.15. The number of phenols is 1. The van der Waals surface area contributed by atoms with Crippen LogP contribution in [0.15, 0.2) is 46.3 Å². The second-order valence-corrected chi connectivity index (χ2v) is 7.03. The van der Waals surface area contributed by atoms with Crippen molar-refractivity contribution in [1.82, 2.24) is 5.32 Å². The maximum absolute atomic E-state index is 12.2. The molecule has 0 aromatic heterocycles. The lowest BCUT2D eigenvalue weighted by Gasteiger charge is -2.06. The maximum atomic E-state index is 12.2. The van der Waals surface area contributed by atoms with E-state index in [2.05, 4.69) is 10.3 Å². The predicted molar refractivity (Wildman–Crippen MR) is 107 cm³/mol. The fourth-order valence-electron chi connectivity index (χ4n) is 2.21. The van der Waals surface area contributed by atoms with Crippen molar-refractivity contribution in [2.24, 2.45) is 4.99 Å². The first kappa shape index (κ1) is 18.6. The average molecular weight is 409 g/mol. The van der Waals surface area contributed by atoms with Gasteiger partial charge in [-0.05, 0) is 54.6 Å². The van der Waals surface area contributed by atoms with Gasteiger partial charge in [-0.3, -0.25) is 4.79 Å². The number of nitrogens with one attached hydrogen (secondary N) is 1. The minimum atomic E-state index is -0.266. The third-order valence-corrected chi connectivity index (χ3v) is 5.10. The molecular formula is C18H14Cl2N2O3S. The maximum Gasteiger partial charge on any atom is 0.264 e. The second kappa shape index (κ2) is 8.03. The number of carbonyl (C=O) groups excluding carboxylic acids is 1. The number of thioether (sulfide) groups is 1. The summed E-state index contributed by atoms with van der Waals surface area (Å²) in [6.07, 6.45) is 1.70. The summed E-state index contributed by atoms with van der Waals surface area (Å²) >= 11 is 13.3. The van der Waals surface area contributed by atoms with Crippen LogP contribution >= 0.6 is 35.0 Å². The number of aromatic hydroxyl groups is 1. The van der Waals surface area contributed by atoms with E-state index in [1.54, 1.807) is 36.4 Å². The van der Waals surface area contributed by atoms with Gasteiger partial charge in [0.05, 0.1) is 27.2 Å². The molecule has 2 aromatic carbocycles. The van der Waals surface area contributed by atoms with Crippen LogP contribution in [0.4, 0.5) is 5.69 Å². The number of hydrogen-bond donors (Lipinski definition) is 2. The molecule has 1 heterocycles. The largest absolute Gasteiger partial charge is 0.504 e. The van der Waals surface area contributed by atoms with E-state index in [0.29, 0.717) is 38.2 Å². The number of hydrogen-bond acceptors (Lipinski definition) is 5. The van der Waals surface area contributed by atoms with Crippen molar-refractivity contribution >= 4 is 57.8 Å². The molecule has 0 radical (unpaired) electrons. The molecule has 0 unspecified atom stereocenters. The zero-order valence-corrected chi connectivity index (χ0v) is 16.0. The zero-order valence-electron chi connectivity index (χ0n) is 13.6. The van der Waals surface area contributed by atoms with E-state index in [1.165, 1.54) is 17.8 Å². The summed E-state index contributed by atoms with van der Waals surface area (Å²) in [6.45, 7) is 2.26. The van der Waals surface area contributed by atoms with Crippen LogP contribution in [0.25, 0.3) is 6.08 Å². The molecule has 5 nitrogen and oxygen atoms in total. The number of aliphatic imine (C=N–C) groups is 1. The molecular weight excluding hydrogens is 395 g/mol. The topological polar surface area (TPSA) is 70.9 Å². The summed E-state index contributed by atoms with van der Waals surface area (Å²) in [5.74, 6) is 0.151. The SMILES string of the molecule is CCOc1cc(/C=C2/SC(=Nc3cccc(Cl)c3Cl)NC2=O)ccc1O. The van der Waals surface area contributed by atoms with Gasteiger partial charge < -0.3 is 15.2 Å². The Morgan fingerprint density at radius 2 is 2.12 bits per heavy atom. The zero-order chi connectivity index (χ0) is 18.7. The number of benzene rings is 2. The average Bonchev–Trinajstić information content (AvgIpc) is 2.94. The molecule has 0 spiro atoms. The Kier molecular flexibility index (Phi) is 5.76. The minimum Gasteiger partial charge on any atom is -0.504 e. The summed E-state index contributed by atoms with van der Waals surface area (Å²) < 4.78 is 5.36. The van der Waals surface area contributed by atoms with Gasteiger partial charge in [0.1, 0.15) is 0 Å². The molecule has 3 rings (SSSR count). The van der Waals surface area contributed by atoms with Gasteiger partial charge in [-0.25, -0.2) is 4.99 Å². The van der Waals surface area contributed by atoms with Crippen LogP contribution < -0.4 is 10.1 Å². The molecule has 0 aliphatic carbocycles. The van der Waals surface area contributed by atoms with Crippen LogP contribution in [0.3, 0.4) is 0 Å². The summed E-state index contributed by atoms with van der Waals surface area (Å²) in [6, 6.07) is 10.0. The van der Waals surface area contributed by atoms with Crippen LogP contribution in [0.1, 0.15) is 12.5 Å². The lowest BCUT2D eigenvalue weighted by atomic mass is 10.2. The van der Waals surface area contributed by atoms with Crippen molar-refractivity contribution in [3.05, 3.63) is 56.9 Å². The molecule has 1 amide bonds. The first-order valence-corrected chi connectivity index (χ1v) is 9.24. The Balaban J connectivity index is 1.86. The van der Waals surface area contributed by atoms with E-state index < -0.39 is 0 Å². The molecule has 1 aliphatic rings. The molecule has 1 aliphatic heterocycles. The predicted octanol–water partition coefficient (Wildman–Crippen LogP) is 4.99. The number of carbonyl (C=O) groups is 1. The normalized spacial score (nSPS) is 17.0. The van der Waals surface area contributed by atoms with Gasteiger partial charge >= 0.3 is 0 Å². The highest BCUT2D eigenvalue weighted by Crippen LogP contribution is 2.35. The van der Waals surface area contributed by atoms with E-state index in [4.69, 9.17) is 27.9 Å².